The first kappa shape index (κ1) is 25.9. The largest absolute Gasteiger partial charge is 1.00 e. The molecule has 8 heteroatoms. The Morgan fingerprint density at radius 1 is 1.24 bits per heavy atom. The van der Waals surface area contributed by atoms with E-state index < -0.39 is 0 Å². The first-order chi connectivity index (χ1) is 13.4. The van der Waals surface area contributed by atoms with E-state index in [-0.39, 0.29) is 30.5 Å². The van der Waals surface area contributed by atoms with E-state index in [1.165, 1.54) is 31.0 Å². The number of nitrogens with zero attached hydrogens (tertiary/aromatic N) is 3. The molecule has 2 rings (SSSR count). The van der Waals surface area contributed by atoms with Crippen LogP contribution in [0.2, 0.25) is 0 Å². The number of hydrogen-bond donors (Lipinski definition) is 0. The Bertz CT molecular complexity index is 665. The quantitative estimate of drug-likeness (QED) is 0.294. The number of halogens is 1. The molecule has 0 bridgehead atoms. The predicted octanol–water partition coefficient (Wildman–Crippen LogP) is 1.67. The number of unbranched alkanes of at least 4 members (excludes halogenated alkanes) is 3. The minimum absolute atomic E-state index is 0. The standard InChI is InChI=1S/C21H36N3O3S.ClH/c1-6-8-9-10-14-26-20-19(22-28-23-20)17-12-11-13-24(5,15-17)21(16(3)4)27-18(25)7-2;/h12,16,21H,6-11,13-15H2,1-5H3;1H/q+1;/p-1. The average Bonchev–Trinajstić information content (AvgIpc) is 3.14. The molecule has 0 amide bonds. The van der Waals surface area contributed by atoms with Crippen LogP contribution >= 0.6 is 11.7 Å². The van der Waals surface area contributed by atoms with Gasteiger partial charge in [-0.2, -0.15) is 4.37 Å². The highest BCUT2D eigenvalue weighted by molar-refractivity contribution is 6.99. The molecule has 0 aliphatic carbocycles. The lowest BCUT2D eigenvalue weighted by Gasteiger charge is -2.44. The molecule has 0 N–H and O–H groups in total. The normalized spacial score (nSPS) is 20.0. The van der Waals surface area contributed by atoms with Crippen LogP contribution in [-0.4, -0.2) is 52.2 Å². The molecule has 0 radical (unpaired) electrons. The molecule has 2 unspecified atom stereocenters. The van der Waals surface area contributed by atoms with Gasteiger partial charge in [0.05, 0.1) is 31.9 Å². The number of esters is 1. The van der Waals surface area contributed by atoms with Crippen molar-refractivity contribution in [3.63, 3.8) is 0 Å². The van der Waals surface area contributed by atoms with Crippen molar-refractivity contribution in [2.45, 2.75) is 72.4 Å². The summed E-state index contributed by atoms with van der Waals surface area (Å²) in [5, 5.41) is 0. The summed E-state index contributed by atoms with van der Waals surface area (Å²) in [7, 11) is 2.17. The molecule has 2 heterocycles. The van der Waals surface area contributed by atoms with Gasteiger partial charge < -0.3 is 21.9 Å². The fourth-order valence-electron chi connectivity index (χ4n) is 3.83. The minimum atomic E-state index is -0.166. The van der Waals surface area contributed by atoms with Crippen LogP contribution in [0.4, 0.5) is 0 Å². The van der Waals surface area contributed by atoms with Gasteiger partial charge in [-0.05, 0) is 6.42 Å². The first-order valence-corrected chi connectivity index (χ1v) is 11.3. The zero-order chi connectivity index (χ0) is 20.6. The lowest BCUT2D eigenvalue weighted by atomic mass is 10.0. The number of likely N-dealkylation sites (N-methyl/N-ethyl adjacent to an activating group) is 1. The summed E-state index contributed by atoms with van der Waals surface area (Å²) in [6.45, 7) is 10.7. The summed E-state index contributed by atoms with van der Waals surface area (Å²) in [5.74, 6) is 0.746. The third-order valence-electron chi connectivity index (χ3n) is 5.29. The van der Waals surface area contributed by atoms with Gasteiger partial charge in [0.2, 0.25) is 6.23 Å². The lowest BCUT2D eigenvalue weighted by Crippen LogP contribution is -3.00. The van der Waals surface area contributed by atoms with Crippen molar-refractivity contribution in [2.75, 3.05) is 26.7 Å². The number of hydrogen-bond acceptors (Lipinski definition) is 6. The second kappa shape index (κ2) is 12.5. The van der Waals surface area contributed by atoms with E-state index in [9.17, 15) is 4.79 Å². The summed E-state index contributed by atoms with van der Waals surface area (Å²) >= 11 is 1.20. The Balaban J connectivity index is 0.00000420. The van der Waals surface area contributed by atoms with Gasteiger partial charge in [0, 0.05) is 24.3 Å². The second-order valence-electron chi connectivity index (χ2n) is 8.18. The first-order valence-electron chi connectivity index (χ1n) is 10.6. The fraction of sp³-hybridized carbons (Fsp3) is 0.762. The molecule has 0 saturated carbocycles. The molecule has 0 spiro atoms. The van der Waals surface area contributed by atoms with Gasteiger partial charge in [-0.15, -0.1) is 4.37 Å². The smallest absolute Gasteiger partial charge is 0.310 e. The topological polar surface area (TPSA) is 61.3 Å². The van der Waals surface area contributed by atoms with E-state index in [2.05, 4.69) is 42.6 Å². The highest BCUT2D eigenvalue weighted by Gasteiger charge is 2.41. The van der Waals surface area contributed by atoms with Crippen molar-refractivity contribution < 1.29 is 31.2 Å². The van der Waals surface area contributed by atoms with Gasteiger partial charge in [-0.3, -0.25) is 9.28 Å². The molecule has 1 aliphatic heterocycles. The summed E-state index contributed by atoms with van der Waals surface area (Å²) in [5.41, 5.74) is 2.00. The van der Waals surface area contributed by atoms with Gasteiger partial charge in [0.15, 0.2) is 0 Å². The van der Waals surface area contributed by atoms with Crippen molar-refractivity contribution in [1.29, 1.82) is 0 Å². The Hall–Kier alpha value is -1.18. The monoisotopic (exact) mass is 445 g/mol. The summed E-state index contributed by atoms with van der Waals surface area (Å²) in [6, 6.07) is 0. The van der Waals surface area contributed by atoms with E-state index >= 15 is 0 Å². The van der Waals surface area contributed by atoms with Gasteiger partial charge >= 0.3 is 5.97 Å². The number of aromatic nitrogens is 2. The number of quaternary nitrogens is 1. The van der Waals surface area contributed by atoms with Gasteiger partial charge in [0.1, 0.15) is 12.2 Å². The third-order valence-corrected chi connectivity index (χ3v) is 5.80. The molecule has 1 aromatic rings. The van der Waals surface area contributed by atoms with Crippen molar-refractivity contribution >= 4 is 23.3 Å². The van der Waals surface area contributed by atoms with E-state index in [1.807, 2.05) is 6.92 Å². The second-order valence-corrected chi connectivity index (χ2v) is 8.71. The van der Waals surface area contributed by atoms with Crippen molar-refractivity contribution in [3.05, 3.63) is 11.8 Å². The van der Waals surface area contributed by atoms with Crippen LogP contribution in [0.1, 0.15) is 71.9 Å². The van der Waals surface area contributed by atoms with Crippen LogP contribution < -0.4 is 17.1 Å². The van der Waals surface area contributed by atoms with Gasteiger partial charge in [-0.25, -0.2) is 0 Å². The summed E-state index contributed by atoms with van der Waals surface area (Å²) in [4.78, 5) is 12.0. The van der Waals surface area contributed by atoms with Crippen molar-refractivity contribution in [2.24, 2.45) is 5.92 Å². The summed E-state index contributed by atoms with van der Waals surface area (Å²) in [6.07, 6.45) is 8.07. The minimum Gasteiger partial charge on any atom is -1.00 e. The maximum atomic E-state index is 12.0. The van der Waals surface area contributed by atoms with E-state index in [0.29, 0.717) is 23.4 Å². The number of carbonyl (C=O) groups excluding carboxylic acids is 1. The molecular weight excluding hydrogens is 410 g/mol. The maximum absolute atomic E-state index is 12.0. The molecular formula is C21H36ClN3O3S. The Morgan fingerprint density at radius 2 is 2.00 bits per heavy atom. The SMILES string of the molecule is CCCCCCOc1nsnc1C1=CCC[N+](C)(C(OC(=O)CC)C(C)C)C1.[Cl-]. The number of rotatable bonds is 11. The van der Waals surface area contributed by atoms with Crippen LogP contribution in [0, 0.1) is 5.92 Å². The highest BCUT2D eigenvalue weighted by Crippen LogP contribution is 2.33. The van der Waals surface area contributed by atoms with Crippen LogP contribution in [0.25, 0.3) is 5.57 Å². The molecule has 6 nitrogen and oxygen atoms in total. The van der Waals surface area contributed by atoms with Crippen LogP contribution in [0.3, 0.4) is 0 Å². The fourth-order valence-corrected chi connectivity index (χ4v) is 4.36. The number of carbonyl (C=O) groups is 1. The van der Waals surface area contributed by atoms with E-state index in [1.54, 1.807) is 0 Å². The van der Waals surface area contributed by atoms with E-state index in [4.69, 9.17) is 9.47 Å². The molecule has 29 heavy (non-hydrogen) atoms. The zero-order valence-electron chi connectivity index (χ0n) is 18.4. The van der Waals surface area contributed by atoms with E-state index in [0.717, 1.165) is 37.2 Å². The molecule has 0 fully saturated rings. The molecule has 1 aliphatic rings. The maximum Gasteiger partial charge on any atom is 0.310 e. The highest BCUT2D eigenvalue weighted by atomic mass is 35.5. The molecule has 2 atom stereocenters. The lowest BCUT2D eigenvalue weighted by molar-refractivity contribution is -0.950. The van der Waals surface area contributed by atoms with Crippen LogP contribution in [-0.2, 0) is 9.53 Å². The molecule has 0 saturated heterocycles. The van der Waals surface area contributed by atoms with Gasteiger partial charge in [0.25, 0.3) is 5.88 Å². The number of ether oxygens (including phenoxy) is 2. The van der Waals surface area contributed by atoms with Crippen molar-refractivity contribution in [1.82, 2.24) is 8.75 Å². The summed E-state index contributed by atoms with van der Waals surface area (Å²) < 4.78 is 21.3. The Morgan fingerprint density at radius 3 is 2.66 bits per heavy atom. The third kappa shape index (κ3) is 7.23. The molecule has 0 aromatic carbocycles. The van der Waals surface area contributed by atoms with Crippen LogP contribution in [0.5, 0.6) is 5.88 Å². The zero-order valence-corrected chi connectivity index (χ0v) is 20.0. The Kier molecular flexibility index (Phi) is 11.1. The Labute approximate surface area is 186 Å². The predicted molar refractivity (Wildman–Crippen MR) is 113 cm³/mol. The average molecular weight is 446 g/mol. The van der Waals surface area contributed by atoms with Gasteiger partial charge in [-0.1, -0.05) is 53.0 Å². The molecule has 1 aromatic heterocycles. The molecule has 166 valence electrons. The van der Waals surface area contributed by atoms with Crippen molar-refractivity contribution in [3.8, 4) is 5.88 Å². The van der Waals surface area contributed by atoms with Crippen LogP contribution in [0.15, 0.2) is 6.08 Å².